The van der Waals surface area contributed by atoms with Crippen molar-refractivity contribution in [3.8, 4) is 0 Å². The molecule has 3 N–H and O–H groups in total. The molecule has 1 aromatic carbocycles. The SMILES string of the molecule is CCNC(=NCc1ccc(F)c(F)c1)N1CCC(C2(C)NC(=O)NC2=O)CC1. The maximum Gasteiger partial charge on any atom is 0.322 e. The third-order valence-electron chi connectivity index (χ3n) is 5.41. The first-order valence-electron chi connectivity index (χ1n) is 9.44. The van der Waals surface area contributed by atoms with Gasteiger partial charge in [-0.3, -0.25) is 10.1 Å². The van der Waals surface area contributed by atoms with Crippen molar-refractivity contribution in [2.75, 3.05) is 19.6 Å². The van der Waals surface area contributed by atoms with Crippen molar-refractivity contribution >= 4 is 17.9 Å². The van der Waals surface area contributed by atoms with Gasteiger partial charge in [0.25, 0.3) is 5.91 Å². The number of carbonyl (C=O) groups is 2. The number of likely N-dealkylation sites (tertiary alicyclic amines) is 1. The minimum atomic E-state index is -0.886. The summed E-state index contributed by atoms with van der Waals surface area (Å²) in [6.45, 7) is 5.97. The van der Waals surface area contributed by atoms with Crippen molar-refractivity contribution in [3.05, 3.63) is 35.4 Å². The van der Waals surface area contributed by atoms with Gasteiger partial charge in [0.15, 0.2) is 17.6 Å². The van der Waals surface area contributed by atoms with E-state index in [9.17, 15) is 18.4 Å². The van der Waals surface area contributed by atoms with E-state index in [4.69, 9.17) is 0 Å². The van der Waals surface area contributed by atoms with Gasteiger partial charge < -0.3 is 15.5 Å². The molecule has 1 aromatic rings. The predicted octanol–water partition coefficient (Wildman–Crippen LogP) is 1.74. The normalized spacial score (nSPS) is 23.6. The molecule has 0 bridgehead atoms. The average Bonchev–Trinajstić information content (AvgIpc) is 2.94. The number of urea groups is 1. The van der Waals surface area contributed by atoms with Crippen molar-refractivity contribution in [1.82, 2.24) is 20.9 Å². The van der Waals surface area contributed by atoms with E-state index in [1.54, 1.807) is 6.92 Å². The number of guanidine groups is 1. The Kier molecular flexibility index (Phi) is 5.81. The molecule has 2 fully saturated rings. The lowest BCUT2D eigenvalue weighted by Gasteiger charge is -2.39. The Bertz CT molecular complexity index is 793. The largest absolute Gasteiger partial charge is 0.357 e. The number of nitrogens with one attached hydrogen (secondary N) is 3. The summed E-state index contributed by atoms with van der Waals surface area (Å²) in [5.74, 6) is -1.32. The quantitative estimate of drug-likeness (QED) is 0.413. The molecule has 0 spiro atoms. The van der Waals surface area contributed by atoms with Gasteiger partial charge in [-0.15, -0.1) is 0 Å². The molecule has 0 aromatic heterocycles. The van der Waals surface area contributed by atoms with Crippen LogP contribution in [0.3, 0.4) is 0 Å². The number of carbonyl (C=O) groups excluding carboxylic acids is 2. The summed E-state index contributed by atoms with van der Waals surface area (Å²) in [5, 5.41) is 8.27. The van der Waals surface area contributed by atoms with E-state index in [2.05, 4.69) is 25.8 Å². The number of aliphatic imine (C=N–C) groups is 1. The van der Waals surface area contributed by atoms with Crippen LogP contribution in [0.1, 0.15) is 32.3 Å². The van der Waals surface area contributed by atoms with Crippen LogP contribution >= 0.6 is 0 Å². The summed E-state index contributed by atoms with van der Waals surface area (Å²) in [7, 11) is 0. The van der Waals surface area contributed by atoms with E-state index in [0.29, 0.717) is 31.2 Å². The van der Waals surface area contributed by atoms with Gasteiger partial charge in [0.1, 0.15) is 5.54 Å². The third kappa shape index (κ3) is 4.07. The van der Waals surface area contributed by atoms with Crippen LogP contribution in [0.25, 0.3) is 0 Å². The molecular formula is C19H25F2N5O2. The van der Waals surface area contributed by atoms with Crippen LogP contribution in [0.4, 0.5) is 13.6 Å². The van der Waals surface area contributed by atoms with Crippen LogP contribution in [0, 0.1) is 17.6 Å². The summed E-state index contributed by atoms with van der Waals surface area (Å²) >= 11 is 0. The van der Waals surface area contributed by atoms with Gasteiger partial charge in [0.05, 0.1) is 6.54 Å². The molecule has 0 aliphatic carbocycles. The summed E-state index contributed by atoms with van der Waals surface area (Å²) in [6.07, 6.45) is 1.44. The maximum absolute atomic E-state index is 13.4. The topological polar surface area (TPSA) is 85.8 Å². The third-order valence-corrected chi connectivity index (χ3v) is 5.41. The minimum absolute atomic E-state index is 0.0317. The molecule has 1 atom stereocenters. The lowest BCUT2D eigenvalue weighted by Crippen LogP contribution is -2.55. The van der Waals surface area contributed by atoms with E-state index in [0.717, 1.165) is 25.0 Å². The fraction of sp³-hybridized carbons (Fsp3) is 0.526. The first kappa shape index (κ1) is 20.0. The molecule has 2 saturated heterocycles. The Labute approximate surface area is 162 Å². The highest BCUT2D eigenvalue weighted by Crippen LogP contribution is 2.30. The summed E-state index contributed by atoms with van der Waals surface area (Å²) < 4.78 is 26.5. The molecular weight excluding hydrogens is 368 g/mol. The van der Waals surface area contributed by atoms with Crippen LogP contribution in [0.15, 0.2) is 23.2 Å². The second-order valence-electron chi connectivity index (χ2n) is 7.29. The van der Waals surface area contributed by atoms with Gasteiger partial charge in [-0.2, -0.15) is 0 Å². The smallest absolute Gasteiger partial charge is 0.322 e. The Balaban J connectivity index is 1.65. The number of halogens is 2. The van der Waals surface area contributed by atoms with Gasteiger partial charge >= 0.3 is 6.03 Å². The molecule has 3 amide bonds. The fourth-order valence-corrected chi connectivity index (χ4v) is 3.74. The highest BCUT2D eigenvalue weighted by Gasteiger charge is 2.48. The molecule has 0 radical (unpaired) electrons. The van der Waals surface area contributed by atoms with Crippen LogP contribution in [0.2, 0.25) is 0 Å². The number of piperidine rings is 1. The standard InChI is InChI=1S/C19H25F2N5O2/c1-3-22-17(23-11-12-4-5-14(20)15(21)10-12)26-8-6-13(7-9-26)19(2)16(27)24-18(28)25-19/h4-5,10,13H,3,6-9,11H2,1-2H3,(H,22,23)(H2,24,25,27,28). The fourth-order valence-electron chi connectivity index (χ4n) is 3.74. The predicted molar refractivity (Wildman–Crippen MR) is 101 cm³/mol. The van der Waals surface area contributed by atoms with Crippen molar-refractivity contribution in [2.45, 2.75) is 38.8 Å². The van der Waals surface area contributed by atoms with Crippen molar-refractivity contribution in [3.63, 3.8) is 0 Å². The van der Waals surface area contributed by atoms with Crippen LogP contribution in [0.5, 0.6) is 0 Å². The lowest BCUT2D eigenvalue weighted by molar-refractivity contribution is -0.125. The first-order chi connectivity index (χ1) is 13.3. The number of amides is 3. The Hall–Kier alpha value is -2.71. The van der Waals surface area contributed by atoms with Crippen molar-refractivity contribution < 1.29 is 18.4 Å². The average molecular weight is 393 g/mol. The lowest BCUT2D eigenvalue weighted by atomic mass is 9.79. The second kappa shape index (κ2) is 8.12. The molecule has 2 aliphatic rings. The molecule has 0 saturated carbocycles. The molecule has 1 unspecified atom stereocenters. The molecule has 28 heavy (non-hydrogen) atoms. The highest BCUT2D eigenvalue weighted by atomic mass is 19.2. The second-order valence-corrected chi connectivity index (χ2v) is 7.29. The summed E-state index contributed by atoms with van der Waals surface area (Å²) in [4.78, 5) is 30.3. The van der Waals surface area contributed by atoms with Crippen LogP contribution in [-0.4, -0.2) is 48.0 Å². The molecule has 152 valence electrons. The maximum atomic E-state index is 13.4. The summed E-state index contributed by atoms with van der Waals surface area (Å²) in [6, 6.07) is 3.31. The van der Waals surface area contributed by atoms with Gasteiger partial charge in [0.2, 0.25) is 0 Å². The van der Waals surface area contributed by atoms with E-state index in [-0.39, 0.29) is 18.4 Å². The van der Waals surface area contributed by atoms with Crippen LogP contribution < -0.4 is 16.0 Å². The molecule has 2 aliphatic heterocycles. The van der Waals surface area contributed by atoms with Gasteiger partial charge in [-0.1, -0.05) is 6.07 Å². The zero-order chi connectivity index (χ0) is 20.3. The number of nitrogens with zero attached hydrogens (tertiary/aromatic N) is 2. The minimum Gasteiger partial charge on any atom is -0.357 e. The van der Waals surface area contributed by atoms with Crippen LogP contribution in [-0.2, 0) is 11.3 Å². The van der Waals surface area contributed by atoms with Crippen molar-refractivity contribution in [2.24, 2.45) is 10.9 Å². The number of benzene rings is 1. The zero-order valence-corrected chi connectivity index (χ0v) is 16.0. The van der Waals surface area contributed by atoms with Crippen molar-refractivity contribution in [1.29, 1.82) is 0 Å². The molecule has 2 heterocycles. The Morgan fingerprint density at radius 2 is 2.00 bits per heavy atom. The van der Waals surface area contributed by atoms with E-state index in [1.165, 1.54) is 6.07 Å². The molecule has 7 nitrogen and oxygen atoms in total. The van der Waals surface area contributed by atoms with Gasteiger partial charge in [-0.25, -0.2) is 18.6 Å². The molecule has 9 heteroatoms. The van der Waals surface area contributed by atoms with E-state index >= 15 is 0 Å². The number of rotatable bonds is 4. The monoisotopic (exact) mass is 393 g/mol. The summed E-state index contributed by atoms with van der Waals surface area (Å²) in [5.41, 5.74) is -0.299. The first-order valence-corrected chi connectivity index (χ1v) is 9.44. The van der Waals surface area contributed by atoms with E-state index in [1.807, 2.05) is 6.92 Å². The van der Waals surface area contributed by atoms with Gasteiger partial charge in [-0.05, 0) is 50.3 Å². The highest BCUT2D eigenvalue weighted by molar-refractivity contribution is 6.07. The Morgan fingerprint density at radius 3 is 2.57 bits per heavy atom. The number of hydrogen-bond donors (Lipinski definition) is 3. The molecule has 3 rings (SSSR count). The Morgan fingerprint density at radius 1 is 1.29 bits per heavy atom. The van der Waals surface area contributed by atoms with E-state index < -0.39 is 23.2 Å². The zero-order valence-electron chi connectivity index (χ0n) is 16.0. The van der Waals surface area contributed by atoms with Gasteiger partial charge in [0, 0.05) is 19.6 Å². The number of hydrogen-bond acceptors (Lipinski definition) is 3. The number of imide groups is 1.